The van der Waals surface area contributed by atoms with Crippen LogP contribution >= 0.6 is 12.0 Å². The third-order valence-corrected chi connectivity index (χ3v) is 2.58. The van der Waals surface area contributed by atoms with Gasteiger partial charge in [-0.15, -0.1) is 0 Å². The average molecular weight is 273 g/mol. The van der Waals surface area contributed by atoms with E-state index in [0.717, 1.165) is 12.8 Å². The molecule has 1 unspecified atom stereocenters. The molecule has 0 bridgehead atoms. The van der Waals surface area contributed by atoms with Crippen molar-refractivity contribution in [3.05, 3.63) is 0 Å². The van der Waals surface area contributed by atoms with Crippen LogP contribution in [0.15, 0.2) is 0 Å². The summed E-state index contributed by atoms with van der Waals surface area (Å²) in [6.07, 6.45) is 2.11. The highest BCUT2D eigenvalue weighted by Crippen LogP contribution is 2.31. The summed E-state index contributed by atoms with van der Waals surface area (Å²) < 4.78 is 38.7. The summed E-state index contributed by atoms with van der Waals surface area (Å²) in [6.45, 7) is 0.285. The Morgan fingerprint density at radius 2 is 2.29 bits per heavy atom. The molecule has 0 aromatic rings. The zero-order valence-electron chi connectivity index (χ0n) is 8.73. The van der Waals surface area contributed by atoms with Crippen molar-refractivity contribution in [2.24, 2.45) is 0 Å². The topological polar surface area (TPSA) is 77.1 Å². The lowest BCUT2D eigenvalue weighted by molar-refractivity contribution is -0.777. The van der Waals surface area contributed by atoms with Crippen molar-refractivity contribution in [1.29, 1.82) is 0 Å². The maximum atomic E-state index is 12.9. The van der Waals surface area contributed by atoms with Crippen LogP contribution in [0.5, 0.6) is 0 Å². The second kappa shape index (κ2) is 7.07. The zero-order chi connectivity index (χ0) is 12.7. The average Bonchev–Trinajstić information content (AvgIpc) is 2.34. The summed E-state index contributed by atoms with van der Waals surface area (Å²) in [5, 5.41) is 8.09. The maximum Gasteiger partial charge on any atom is 0.415 e. The van der Waals surface area contributed by atoms with Gasteiger partial charge < -0.3 is 14.7 Å². The fourth-order valence-electron chi connectivity index (χ4n) is 1.28. The minimum absolute atomic E-state index is 0.243. The molecule has 1 aliphatic heterocycles. The summed E-state index contributed by atoms with van der Waals surface area (Å²) in [7, 11) is 0. The predicted molar refractivity (Wildman–Crippen MR) is 49.3 cm³/mol. The summed E-state index contributed by atoms with van der Waals surface area (Å²) in [5.41, 5.74) is 0. The van der Waals surface area contributed by atoms with Crippen LogP contribution in [0.2, 0.25) is 0 Å². The van der Waals surface area contributed by atoms with E-state index in [1.165, 1.54) is 0 Å². The number of hydrogen-bond donors (Lipinski definition) is 0. The van der Waals surface area contributed by atoms with Gasteiger partial charge in [0, 0.05) is 6.61 Å². The van der Waals surface area contributed by atoms with Gasteiger partial charge >= 0.3 is 11.2 Å². The molecule has 0 saturated carbocycles. The lowest BCUT2D eigenvalue weighted by Gasteiger charge is -2.23. The van der Waals surface area contributed by atoms with Gasteiger partial charge in [-0.2, -0.15) is 13.1 Å². The molecule has 1 atom stereocenters. The standard InChI is InChI=1S/C8H12F2O6S/c9-8(10,17-16-15-12)7(11)14-5-6-3-1-2-4-13-6/h6,12H,1-5H2/p-1. The lowest BCUT2D eigenvalue weighted by atomic mass is 10.1. The van der Waals surface area contributed by atoms with E-state index in [4.69, 9.17) is 4.74 Å². The van der Waals surface area contributed by atoms with Gasteiger partial charge in [-0.05, 0) is 19.3 Å². The fourth-order valence-corrected chi connectivity index (χ4v) is 1.52. The van der Waals surface area contributed by atoms with Gasteiger partial charge in [0.1, 0.15) is 18.6 Å². The van der Waals surface area contributed by atoms with Gasteiger partial charge in [0.05, 0.1) is 6.10 Å². The second-order valence-electron chi connectivity index (χ2n) is 3.32. The maximum absolute atomic E-state index is 12.9. The van der Waals surface area contributed by atoms with Crippen LogP contribution in [0.4, 0.5) is 8.78 Å². The first-order valence-corrected chi connectivity index (χ1v) is 5.61. The van der Waals surface area contributed by atoms with E-state index in [1.807, 2.05) is 0 Å². The summed E-state index contributed by atoms with van der Waals surface area (Å²) in [6, 6.07) is 0. The highest BCUT2D eigenvalue weighted by molar-refractivity contribution is 7.96. The van der Waals surface area contributed by atoms with Crippen molar-refractivity contribution < 1.29 is 37.7 Å². The number of carbonyl (C=O) groups excluding carboxylic acids is 1. The van der Waals surface area contributed by atoms with E-state index in [2.05, 4.69) is 14.1 Å². The Labute approximate surface area is 100 Å². The second-order valence-corrected chi connectivity index (χ2v) is 4.14. The molecule has 1 rings (SSSR count). The molecule has 6 nitrogen and oxygen atoms in total. The Bertz CT molecular complexity index is 246. The van der Waals surface area contributed by atoms with Crippen LogP contribution in [0, 0.1) is 0 Å². The molecule has 100 valence electrons. The molecule has 1 fully saturated rings. The van der Waals surface area contributed by atoms with Gasteiger partial charge in [0.2, 0.25) is 0 Å². The molecule has 1 heterocycles. The van der Waals surface area contributed by atoms with Crippen molar-refractivity contribution in [3.8, 4) is 0 Å². The minimum Gasteiger partial charge on any atom is -0.691 e. The third kappa shape index (κ3) is 5.13. The Hall–Kier alpha value is -0.480. The van der Waals surface area contributed by atoms with Crippen LogP contribution in [0.1, 0.15) is 19.3 Å². The largest absolute Gasteiger partial charge is 0.691 e. The smallest absolute Gasteiger partial charge is 0.415 e. The first-order chi connectivity index (χ1) is 8.06. The van der Waals surface area contributed by atoms with Crippen molar-refractivity contribution in [3.63, 3.8) is 0 Å². The lowest BCUT2D eigenvalue weighted by Crippen LogP contribution is -2.32. The first kappa shape index (κ1) is 14.6. The number of rotatable bonds is 6. The molecule has 0 radical (unpaired) electrons. The van der Waals surface area contributed by atoms with Gasteiger partial charge in [0.25, 0.3) is 0 Å². The normalized spacial score (nSPS) is 21.2. The molecule has 0 N–H and O–H groups in total. The quantitative estimate of drug-likeness (QED) is 0.303. The summed E-state index contributed by atoms with van der Waals surface area (Å²) in [4.78, 5) is 10.9. The van der Waals surface area contributed by atoms with E-state index in [9.17, 15) is 18.8 Å². The summed E-state index contributed by atoms with van der Waals surface area (Å²) in [5.74, 6) is -1.80. The van der Waals surface area contributed by atoms with Crippen LogP contribution < -0.4 is 5.26 Å². The van der Waals surface area contributed by atoms with E-state index < -0.39 is 23.3 Å². The number of halogens is 2. The summed E-state index contributed by atoms with van der Waals surface area (Å²) >= 11 is -0.710. The van der Waals surface area contributed by atoms with Crippen LogP contribution in [-0.2, 0) is 23.6 Å². The van der Waals surface area contributed by atoms with Crippen LogP contribution in [0.3, 0.4) is 0 Å². The van der Waals surface area contributed by atoms with Crippen molar-refractivity contribution in [1.82, 2.24) is 0 Å². The molecule has 1 aliphatic rings. The van der Waals surface area contributed by atoms with Gasteiger partial charge in [-0.25, -0.2) is 4.79 Å². The van der Waals surface area contributed by atoms with E-state index in [1.54, 1.807) is 0 Å². The number of alkyl halides is 2. The molecule has 0 aromatic carbocycles. The molecular weight excluding hydrogens is 262 g/mol. The molecule has 0 aliphatic carbocycles. The molecular formula is C8H11F2O6S-. The predicted octanol–water partition coefficient (Wildman–Crippen LogP) is 0.563. The van der Waals surface area contributed by atoms with Crippen LogP contribution in [0.25, 0.3) is 0 Å². The van der Waals surface area contributed by atoms with E-state index in [-0.39, 0.29) is 12.7 Å². The number of esters is 1. The molecule has 0 aromatic heterocycles. The SMILES string of the molecule is O=C(OCC1CCCCO1)C(F)(F)SOO[O-]. The van der Waals surface area contributed by atoms with E-state index >= 15 is 0 Å². The van der Waals surface area contributed by atoms with Crippen molar-refractivity contribution in [2.45, 2.75) is 30.6 Å². The highest BCUT2D eigenvalue weighted by atomic mass is 32.2. The fraction of sp³-hybridized carbons (Fsp3) is 0.875. The highest BCUT2D eigenvalue weighted by Gasteiger charge is 2.44. The molecule has 0 amide bonds. The number of carbonyl (C=O) groups is 1. The van der Waals surface area contributed by atoms with Gasteiger partial charge in [-0.3, -0.25) is 5.04 Å². The zero-order valence-corrected chi connectivity index (χ0v) is 9.54. The van der Waals surface area contributed by atoms with Crippen LogP contribution in [-0.4, -0.2) is 30.5 Å². The third-order valence-electron chi connectivity index (χ3n) is 2.08. The van der Waals surface area contributed by atoms with Gasteiger partial charge in [-0.1, -0.05) is 0 Å². The van der Waals surface area contributed by atoms with Crippen molar-refractivity contribution >= 4 is 18.0 Å². The monoisotopic (exact) mass is 273 g/mol. The number of hydrogen-bond acceptors (Lipinski definition) is 7. The minimum atomic E-state index is -3.99. The van der Waals surface area contributed by atoms with E-state index in [0.29, 0.717) is 13.0 Å². The molecule has 1 saturated heterocycles. The molecule has 17 heavy (non-hydrogen) atoms. The number of ether oxygens (including phenoxy) is 2. The Morgan fingerprint density at radius 1 is 1.53 bits per heavy atom. The Balaban J connectivity index is 2.27. The molecule has 9 heteroatoms. The Morgan fingerprint density at radius 3 is 2.88 bits per heavy atom. The van der Waals surface area contributed by atoms with Crippen molar-refractivity contribution in [2.75, 3.05) is 13.2 Å². The van der Waals surface area contributed by atoms with Gasteiger partial charge in [0.15, 0.2) is 0 Å². The first-order valence-electron chi connectivity index (χ1n) is 4.87. The Kier molecular flexibility index (Phi) is 6.06. The molecule has 0 spiro atoms.